The van der Waals surface area contributed by atoms with Crippen molar-refractivity contribution < 1.29 is 4.79 Å². The molecule has 0 amide bonds. The average Bonchev–Trinajstić information content (AvgIpc) is 3.28. The summed E-state index contributed by atoms with van der Waals surface area (Å²) in [4.78, 5) is 18.3. The number of nitrogens with one attached hydrogen (secondary N) is 1. The van der Waals surface area contributed by atoms with Crippen molar-refractivity contribution >= 4 is 34.3 Å². The van der Waals surface area contributed by atoms with E-state index >= 15 is 0 Å². The highest BCUT2D eigenvalue weighted by Crippen LogP contribution is 2.45. The van der Waals surface area contributed by atoms with E-state index in [4.69, 9.17) is 10.1 Å². The van der Waals surface area contributed by atoms with E-state index in [0.717, 1.165) is 35.4 Å². The van der Waals surface area contributed by atoms with E-state index in [1.807, 2.05) is 4.68 Å². The average molecular weight is 495 g/mol. The third-order valence-electron chi connectivity index (χ3n) is 7.25. The monoisotopic (exact) mass is 494 g/mol. The first kappa shape index (κ1) is 23.0. The van der Waals surface area contributed by atoms with Gasteiger partial charge in [-0.2, -0.15) is 4.98 Å². The minimum atomic E-state index is -0.259. The first-order valence-electron chi connectivity index (χ1n) is 12.6. The lowest BCUT2D eigenvalue weighted by atomic mass is 9.73. The molecule has 6 rings (SSSR count). The van der Waals surface area contributed by atoms with Crippen LogP contribution < -0.4 is 5.32 Å². The molecule has 0 saturated carbocycles. The van der Waals surface area contributed by atoms with Crippen LogP contribution in [-0.2, 0) is 17.0 Å². The fourth-order valence-corrected chi connectivity index (χ4v) is 6.29. The highest BCUT2D eigenvalue weighted by atomic mass is 32.2. The van der Waals surface area contributed by atoms with Crippen LogP contribution in [0.25, 0.3) is 10.8 Å². The second-order valence-corrected chi connectivity index (χ2v) is 11.5. The topological polar surface area (TPSA) is 59.8 Å². The number of aromatic nitrogens is 3. The van der Waals surface area contributed by atoms with E-state index in [-0.39, 0.29) is 17.2 Å². The molecular formula is C30H30N4OS. The van der Waals surface area contributed by atoms with Crippen molar-refractivity contribution in [3.05, 3.63) is 94.7 Å². The molecule has 2 aliphatic rings. The fourth-order valence-electron chi connectivity index (χ4n) is 5.45. The van der Waals surface area contributed by atoms with Crippen molar-refractivity contribution in [3.8, 4) is 0 Å². The summed E-state index contributed by atoms with van der Waals surface area (Å²) < 4.78 is 1.92. The summed E-state index contributed by atoms with van der Waals surface area (Å²) in [5, 5.41) is 11.6. The number of allylic oxidation sites excluding steroid dienone is 2. The second-order valence-electron chi connectivity index (χ2n) is 10.5. The van der Waals surface area contributed by atoms with Gasteiger partial charge in [0.15, 0.2) is 5.78 Å². The molecule has 0 fully saturated rings. The van der Waals surface area contributed by atoms with Crippen molar-refractivity contribution in [2.45, 2.75) is 57.0 Å². The van der Waals surface area contributed by atoms with Gasteiger partial charge >= 0.3 is 0 Å². The third kappa shape index (κ3) is 4.13. The van der Waals surface area contributed by atoms with Gasteiger partial charge in [0.25, 0.3) is 0 Å². The summed E-state index contributed by atoms with van der Waals surface area (Å²) in [6, 6.07) is 23.2. The number of carbonyl (C=O) groups is 1. The Kier molecular flexibility index (Phi) is 5.72. The summed E-state index contributed by atoms with van der Waals surface area (Å²) in [6.07, 6.45) is 2.35. The lowest BCUT2D eigenvalue weighted by Crippen LogP contribution is -2.36. The molecule has 182 valence electrons. The number of hydrogen-bond acceptors (Lipinski definition) is 5. The van der Waals surface area contributed by atoms with Gasteiger partial charge in [-0.25, -0.2) is 4.68 Å². The van der Waals surface area contributed by atoms with E-state index in [1.54, 1.807) is 11.8 Å². The van der Waals surface area contributed by atoms with Gasteiger partial charge in [0.1, 0.15) is 6.04 Å². The molecule has 0 spiro atoms. The Morgan fingerprint density at radius 1 is 1.03 bits per heavy atom. The van der Waals surface area contributed by atoms with Crippen LogP contribution in [0.5, 0.6) is 0 Å². The Bertz CT molecular complexity index is 1490. The Labute approximate surface area is 216 Å². The van der Waals surface area contributed by atoms with E-state index < -0.39 is 0 Å². The number of ketones is 1. The summed E-state index contributed by atoms with van der Waals surface area (Å²) in [5.41, 5.74) is 5.37. The lowest BCUT2D eigenvalue weighted by Gasteiger charge is -2.38. The molecule has 1 aliphatic carbocycles. The van der Waals surface area contributed by atoms with Gasteiger partial charge in [-0.15, -0.1) is 5.10 Å². The van der Waals surface area contributed by atoms with Crippen molar-refractivity contribution in [3.63, 3.8) is 0 Å². The van der Waals surface area contributed by atoms with Gasteiger partial charge in [0.2, 0.25) is 11.1 Å². The van der Waals surface area contributed by atoms with Gasteiger partial charge in [-0.3, -0.25) is 4.79 Å². The number of benzene rings is 3. The largest absolute Gasteiger partial charge is 0.328 e. The number of hydrogen-bond donors (Lipinski definition) is 1. The van der Waals surface area contributed by atoms with Crippen molar-refractivity contribution in [1.82, 2.24) is 14.8 Å². The second kappa shape index (κ2) is 8.93. The number of aryl methyl sites for hydroxylation is 1. The third-order valence-corrected chi connectivity index (χ3v) is 8.14. The molecule has 1 aromatic heterocycles. The van der Waals surface area contributed by atoms with Crippen LogP contribution >= 0.6 is 11.8 Å². The number of carbonyl (C=O) groups excluding carboxylic acids is 1. The zero-order valence-corrected chi connectivity index (χ0v) is 21.7. The molecule has 4 aromatic rings. The minimum Gasteiger partial charge on any atom is -0.328 e. The number of thioether (sulfide) groups is 1. The van der Waals surface area contributed by atoms with Gasteiger partial charge in [0.05, 0.1) is 0 Å². The maximum Gasteiger partial charge on any atom is 0.227 e. The quantitative estimate of drug-likeness (QED) is 0.304. The molecule has 5 nitrogen and oxygen atoms in total. The zero-order valence-electron chi connectivity index (χ0n) is 20.9. The Hall–Kier alpha value is -3.38. The fraction of sp³-hybridized carbons (Fsp3) is 0.300. The van der Waals surface area contributed by atoms with Gasteiger partial charge in [0, 0.05) is 23.4 Å². The number of anilines is 1. The molecule has 1 aliphatic heterocycles. The highest BCUT2D eigenvalue weighted by Gasteiger charge is 2.41. The smallest absolute Gasteiger partial charge is 0.227 e. The van der Waals surface area contributed by atoms with Crippen LogP contribution in [0.2, 0.25) is 0 Å². The maximum absolute atomic E-state index is 13.4. The maximum atomic E-state index is 13.4. The number of nitrogens with zero attached hydrogens (tertiary/aromatic N) is 3. The van der Waals surface area contributed by atoms with Crippen LogP contribution in [0, 0.1) is 5.41 Å². The van der Waals surface area contributed by atoms with Crippen molar-refractivity contribution in [2.75, 3.05) is 5.32 Å². The predicted molar refractivity (Wildman–Crippen MR) is 146 cm³/mol. The Morgan fingerprint density at radius 2 is 1.81 bits per heavy atom. The number of fused-ring (bicyclic) bond motifs is 2. The summed E-state index contributed by atoms with van der Waals surface area (Å²) in [5.74, 6) is 1.69. The Balaban J connectivity index is 1.37. The first-order chi connectivity index (χ1) is 17.4. The molecule has 2 heterocycles. The molecule has 1 unspecified atom stereocenters. The van der Waals surface area contributed by atoms with E-state index in [0.29, 0.717) is 17.5 Å². The van der Waals surface area contributed by atoms with E-state index in [2.05, 4.69) is 92.8 Å². The van der Waals surface area contributed by atoms with Gasteiger partial charge in [-0.05, 0) is 45.7 Å². The number of rotatable bonds is 5. The normalized spacial score (nSPS) is 18.6. The molecular weight excluding hydrogens is 464 g/mol. The summed E-state index contributed by atoms with van der Waals surface area (Å²) >= 11 is 1.63. The van der Waals surface area contributed by atoms with Crippen LogP contribution in [0.15, 0.2) is 83.2 Å². The van der Waals surface area contributed by atoms with Crippen LogP contribution in [0.1, 0.15) is 56.3 Å². The number of Topliss-reactive ketones (excluding diaryl/α,β-unsaturated/α-hetero) is 1. The molecule has 36 heavy (non-hydrogen) atoms. The van der Waals surface area contributed by atoms with Gasteiger partial charge in [-0.1, -0.05) is 99.3 Å². The van der Waals surface area contributed by atoms with Crippen LogP contribution in [0.3, 0.4) is 0 Å². The zero-order chi connectivity index (χ0) is 24.9. The summed E-state index contributed by atoms with van der Waals surface area (Å²) in [7, 11) is 0. The lowest BCUT2D eigenvalue weighted by molar-refractivity contribution is -0.118. The van der Waals surface area contributed by atoms with E-state index in [1.165, 1.54) is 21.9 Å². The summed E-state index contributed by atoms with van der Waals surface area (Å²) in [6.45, 7) is 6.47. The Morgan fingerprint density at radius 3 is 2.61 bits per heavy atom. The molecule has 1 N–H and O–H groups in total. The van der Waals surface area contributed by atoms with Crippen LogP contribution in [-0.4, -0.2) is 20.5 Å². The standard InChI is InChI=1S/C30H30N4OS/c1-4-19-12-14-21(15-13-19)27-26-24(16-30(2,3)17-25(26)35)31-28-32-29(33-34(27)28)36-18-22-10-7-9-20-8-5-6-11-23(20)22/h5-15,27H,4,16-18H2,1-3H3,(H,31,32,33). The molecule has 0 bridgehead atoms. The first-order valence-corrected chi connectivity index (χ1v) is 13.6. The van der Waals surface area contributed by atoms with Gasteiger partial charge < -0.3 is 5.32 Å². The SMILES string of the molecule is CCc1ccc(C2C3=C(CC(C)(C)CC3=O)Nc3nc(SCc4cccc5ccccc45)nn32)cc1. The van der Waals surface area contributed by atoms with Crippen molar-refractivity contribution in [1.29, 1.82) is 0 Å². The molecule has 1 atom stereocenters. The predicted octanol–water partition coefficient (Wildman–Crippen LogP) is 6.94. The van der Waals surface area contributed by atoms with E-state index in [9.17, 15) is 4.79 Å². The molecule has 6 heteroatoms. The molecule has 0 radical (unpaired) electrons. The minimum absolute atomic E-state index is 0.0757. The highest BCUT2D eigenvalue weighted by molar-refractivity contribution is 7.98. The van der Waals surface area contributed by atoms with Crippen molar-refractivity contribution in [2.24, 2.45) is 5.41 Å². The molecule has 3 aromatic carbocycles. The van der Waals surface area contributed by atoms with Crippen LogP contribution in [0.4, 0.5) is 5.95 Å². The molecule has 0 saturated heterocycles.